The molecule has 2 rings (SSSR count). The second-order valence-electron chi connectivity index (χ2n) is 5.22. The van der Waals surface area contributed by atoms with Gasteiger partial charge in [0.05, 0.1) is 12.1 Å². The summed E-state index contributed by atoms with van der Waals surface area (Å²) in [6.45, 7) is 5.87. The maximum atomic E-state index is 10.9. The summed E-state index contributed by atoms with van der Waals surface area (Å²) in [5, 5.41) is 11.4. The molecule has 2 nitrogen and oxygen atoms in total. The Morgan fingerprint density at radius 3 is 2.20 bits per heavy atom. The van der Waals surface area contributed by atoms with E-state index in [0.717, 1.165) is 16.7 Å². The lowest BCUT2D eigenvalue weighted by atomic mass is 9.86. The van der Waals surface area contributed by atoms with Crippen LogP contribution in [0.3, 0.4) is 0 Å². The van der Waals surface area contributed by atoms with Gasteiger partial charge in [0.1, 0.15) is 11.4 Å². The number of methoxy groups -OCH3 is 1. The van der Waals surface area contributed by atoms with E-state index >= 15 is 0 Å². The third-order valence-electron chi connectivity index (χ3n) is 3.78. The minimum Gasteiger partial charge on any atom is -0.495 e. The smallest absolute Gasteiger partial charge is 0.137 e. The van der Waals surface area contributed by atoms with Crippen LogP contribution in [-0.4, -0.2) is 12.2 Å². The third kappa shape index (κ3) is 2.67. The largest absolute Gasteiger partial charge is 0.495 e. The van der Waals surface area contributed by atoms with Crippen LogP contribution < -0.4 is 4.74 Å². The topological polar surface area (TPSA) is 29.5 Å². The van der Waals surface area contributed by atoms with E-state index in [1.807, 2.05) is 31.2 Å². The Bertz CT molecular complexity index is 633. The van der Waals surface area contributed by atoms with Crippen LogP contribution in [0.15, 0.2) is 36.4 Å². The van der Waals surface area contributed by atoms with Crippen LogP contribution in [0, 0.1) is 13.8 Å². The molecule has 3 heteroatoms. The number of aryl methyl sites for hydroxylation is 2. The van der Waals surface area contributed by atoms with E-state index in [4.69, 9.17) is 16.3 Å². The fourth-order valence-corrected chi connectivity index (χ4v) is 2.37. The first-order valence-electron chi connectivity index (χ1n) is 6.50. The summed E-state index contributed by atoms with van der Waals surface area (Å²) < 4.78 is 5.22. The fraction of sp³-hybridized carbons (Fsp3) is 0.294. The first-order chi connectivity index (χ1) is 9.36. The molecule has 0 radical (unpaired) electrons. The molecule has 0 heterocycles. The van der Waals surface area contributed by atoms with E-state index in [2.05, 4.69) is 6.92 Å². The lowest BCUT2D eigenvalue weighted by molar-refractivity contribution is 0.102. The predicted molar refractivity (Wildman–Crippen MR) is 82.6 cm³/mol. The molecule has 106 valence electrons. The number of aliphatic hydroxyl groups is 1. The highest BCUT2D eigenvalue weighted by Crippen LogP contribution is 2.34. The highest BCUT2D eigenvalue weighted by Gasteiger charge is 2.26. The molecule has 0 aliphatic heterocycles. The lowest BCUT2D eigenvalue weighted by Gasteiger charge is -2.26. The fourth-order valence-electron chi connectivity index (χ4n) is 2.17. The minimum atomic E-state index is -1.09. The Balaban J connectivity index is 2.50. The van der Waals surface area contributed by atoms with E-state index < -0.39 is 5.60 Å². The Morgan fingerprint density at radius 2 is 1.60 bits per heavy atom. The van der Waals surface area contributed by atoms with E-state index in [0.29, 0.717) is 10.8 Å². The monoisotopic (exact) mass is 290 g/mol. The van der Waals surface area contributed by atoms with Gasteiger partial charge in [0, 0.05) is 0 Å². The number of halogens is 1. The van der Waals surface area contributed by atoms with Crippen LogP contribution >= 0.6 is 11.6 Å². The summed E-state index contributed by atoms with van der Waals surface area (Å²) >= 11 is 6.03. The quantitative estimate of drug-likeness (QED) is 0.917. The van der Waals surface area contributed by atoms with E-state index in [9.17, 15) is 5.11 Å². The van der Waals surface area contributed by atoms with Crippen LogP contribution in [-0.2, 0) is 5.60 Å². The highest BCUT2D eigenvalue weighted by atomic mass is 35.5. The molecule has 0 spiro atoms. The van der Waals surface area contributed by atoms with Crippen LogP contribution in [0.1, 0.15) is 29.2 Å². The normalized spacial score (nSPS) is 13.9. The van der Waals surface area contributed by atoms with E-state index in [-0.39, 0.29) is 0 Å². The van der Waals surface area contributed by atoms with E-state index in [1.54, 1.807) is 26.2 Å². The average Bonchev–Trinajstić information content (AvgIpc) is 2.42. The number of benzene rings is 2. The highest BCUT2D eigenvalue weighted by molar-refractivity contribution is 6.32. The molecule has 0 bridgehead atoms. The predicted octanol–water partition coefficient (Wildman–Crippen LogP) is 4.22. The number of ether oxygens (including phenoxy) is 1. The van der Waals surface area contributed by atoms with Gasteiger partial charge in [0.15, 0.2) is 0 Å². The summed E-state index contributed by atoms with van der Waals surface area (Å²) in [7, 11) is 1.57. The van der Waals surface area contributed by atoms with Gasteiger partial charge >= 0.3 is 0 Å². The summed E-state index contributed by atoms with van der Waals surface area (Å²) in [5.41, 5.74) is 2.88. The van der Waals surface area contributed by atoms with Gasteiger partial charge in [-0.1, -0.05) is 35.9 Å². The Hall–Kier alpha value is -1.51. The van der Waals surface area contributed by atoms with Gasteiger partial charge in [0.25, 0.3) is 0 Å². The molecular weight excluding hydrogens is 272 g/mol. The number of rotatable bonds is 3. The first kappa shape index (κ1) is 14.9. The van der Waals surface area contributed by atoms with Crippen molar-refractivity contribution >= 4 is 11.6 Å². The van der Waals surface area contributed by atoms with Gasteiger partial charge in [-0.25, -0.2) is 0 Å². The average molecular weight is 291 g/mol. The second-order valence-corrected chi connectivity index (χ2v) is 5.63. The van der Waals surface area contributed by atoms with Crippen molar-refractivity contribution < 1.29 is 9.84 Å². The van der Waals surface area contributed by atoms with Crippen molar-refractivity contribution in [1.29, 1.82) is 0 Å². The van der Waals surface area contributed by atoms with Crippen molar-refractivity contribution in [2.45, 2.75) is 26.4 Å². The molecule has 1 atom stereocenters. The maximum absolute atomic E-state index is 10.9. The van der Waals surface area contributed by atoms with Gasteiger partial charge in [-0.3, -0.25) is 0 Å². The Kier molecular flexibility index (Phi) is 4.07. The van der Waals surface area contributed by atoms with Crippen LogP contribution in [0.4, 0.5) is 0 Å². The van der Waals surface area contributed by atoms with Gasteiger partial charge < -0.3 is 9.84 Å². The summed E-state index contributed by atoms with van der Waals surface area (Å²) in [5.74, 6) is 0.563. The zero-order chi connectivity index (χ0) is 14.9. The molecule has 2 aromatic carbocycles. The van der Waals surface area contributed by atoms with Gasteiger partial charge in [-0.2, -0.15) is 0 Å². The molecule has 0 fully saturated rings. The molecular formula is C17H19ClO2. The van der Waals surface area contributed by atoms with Crippen molar-refractivity contribution in [2.24, 2.45) is 0 Å². The first-order valence-corrected chi connectivity index (χ1v) is 6.88. The molecule has 0 saturated heterocycles. The molecule has 0 amide bonds. The molecule has 0 aliphatic carbocycles. The maximum Gasteiger partial charge on any atom is 0.137 e. The van der Waals surface area contributed by atoms with Crippen molar-refractivity contribution in [3.05, 3.63) is 63.7 Å². The van der Waals surface area contributed by atoms with Crippen LogP contribution in [0.5, 0.6) is 5.75 Å². The molecule has 0 aromatic heterocycles. The minimum absolute atomic E-state index is 0.534. The zero-order valence-corrected chi connectivity index (χ0v) is 13.0. The van der Waals surface area contributed by atoms with Crippen molar-refractivity contribution in [3.8, 4) is 5.75 Å². The SMILES string of the molecule is COc1cc(C(C)(O)c2ccc(C)c(C)c2)ccc1Cl. The second kappa shape index (κ2) is 5.47. The molecule has 0 saturated carbocycles. The standard InChI is InChI=1S/C17H19ClO2/c1-11-5-6-13(9-12(11)2)17(3,19)14-7-8-15(18)16(10-14)20-4/h5-10,19H,1-4H3. The summed E-state index contributed by atoms with van der Waals surface area (Å²) in [4.78, 5) is 0. The molecule has 1 unspecified atom stereocenters. The summed E-state index contributed by atoms with van der Waals surface area (Å²) in [6.07, 6.45) is 0. The number of hydrogen-bond donors (Lipinski definition) is 1. The van der Waals surface area contributed by atoms with Crippen molar-refractivity contribution in [3.63, 3.8) is 0 Å². The van der Waals surface area contributed by atoms with Crippen molar-refractivity contribution in [2.75, 3.05) is 7.11 Å². The third-order valence-corrected chi connectivity index (χ3v) is 4.09. The Morgan fingerprint density at radius 1 is 1.00 bits per heavy atom. The van der Waals surface area contributed by atoms with Gasteiger partial charge in [0.2, 0.25) is 0 Å². The molecule has 0 aliphatic rings. The van der Waals surface area contributed by atoms with Crippen LogP contribution in [0.2, 0.25) is 5.02 Å². The number of hydrogen-bond acceptors (Lipinski definition) is 2. The van der Waals surface area contributed by atoms with Crippen molar-refractivity contribution in [1.82, 2.24) is 0 Å². The molecule has 2 aromatic rings. The van der Waals surface area contributed by atoms with Gasteiger partial charge in [-0.05, 0) is 55.2 Å². The van der Waals surface area contributed by atoms with Gasteiger partial charge in [-0.15, -0.1) is 0 Å². The zero-order valence-electron chi connectivity index (χ0n) is 12.2. The van der Waals surface area contributed by atoms with E-state index in [1.165, 1.54) is 5.56 Å². The molecule has 1 N–H and O–H groups in total. The summed E-state index contributed by atoms with van der Waals surface area (Å²) in [6, 6.07) is 11.3. The Labute approximate surface area is 125 Å². The van der Waals surface area contributed by atoms with Crippen LogP contribution in [0.25, 0.3) is 0 Å². The molecule has 20 heavy (non-hydrogen) atoms. The lowest BCUT2D eigenvalue weighted by Crippen LogP contribution is -2.23.